The van der Waals surface area contributed by atoms with Gasteiger partial charge in [-0.15, -0.1) is 0 Å². The fourth-order valence-electron chi connectivity index (χ4n) is 1.59. The van der Waals surface area contributed by atoms with E-state index in [0.717, 1.165) is 22.8 Å². The van der Waals surface area contributed by atoms with E-state index in [9.17, 15) is 0 Å². The fourth-order valence-corrected chi connectivity index (χ4v) is 1.59. The molecule has 0 saturated carbocycles. The summed E-state index contributed by atoms with van der Waals surface area (Å²) in [5.41, 5.74) is 7.69. The van der Waals surface area contributed by atoms with Crippen LogP contribution in [0.1, 0.15) is 5.56 Å². The monoisotopic (exact) mass is 232 g/mol. The van der Waals surface area contributed by atoms with Gasteiger partial charge in [-0.2, -0.15) is 5.10 Å². The first-order chi connectivity index (χ1) is 8.20. The predicted molar refractivity (Wildman–Crippen MR) is 67.9 cm³/mol. The van der Waals surface area contributed by atoms with Crippen molar-refractivity contribution in [1.82, 2.24) is 9.78 Å². The maximum absolute atomic E-state index is 5.93. The van der Waals surface area contributed by atoms with E-state index in [1.807, 2.05) is 31.3 Å². The minimum absolute atomic E-state index is 0.662. The third-order valence-electron chi connectivity index (χ3n) is 2.63. The van der Waals surface area contributed by atoms with Gasteiger partial charge in [0.2, 0.25) is 0 Å². The molecule has 5 heteroatoms. The number of anilines is 2. The van der Waals surface area contributed by atoms with Crippen molar-refractivity contribution in [3.8, 4) is 5.75 Å². The molecule has 0 radical (unpaired) electrons. The number of hydrogen-bond donors (Lipinski definition) is 2. The van der Waals surface area contributed by atoms with Crippen LogP contribution >= 0.6 is 0 Å². The summed E-state index contributed by atoms with van der Waals surface area (Å²) in [6.07, 6.45) is 1.75. The Morgan fingerprint density at radius 1 is 1.41 bits per heavy atom. The average molecular weight is 232 g/mol. The SMILES string of the molecule is COc1ccc(CNc2ccnn2C)c(N)c1. The van der Waals surface area contributed by atoms with Gasteiger partial charge >= 0.3 is 0 Å². The summed E-state index contributed by atoms with van der Waals surface area (Å²) in [5, 5.41) is 7.35. The largest absolute Gasteiger partial charge is 0.497 e. The van der Waals surface area contributed by atoms with Crippen LogP contribution in [0.15, 0.2) is 30.5 Å². The van der Waals surface area contributed by atoms with E-state index in [0.29, 0.717) is 6.54 Å². The third kappa shape index (κ3) is 2.50. The lowest BCUT2D eigenvalue weighted by Gasteiger charge is -2.10. The van der Waals surface area contributed by atoms with Crippen LogP contribution in [0.3, 0.4) is 0 Å². The van der Waals surface area contributed by atoms with Crippen molar-refractivity contribution in [1.29, 1.82) is 0 Å². The average Bonchev–Trinajstić information content (AvgIpc) is 2.73. The van der Waals surface area contributed by atoms with Gasteiger partial charge in [0.05, 0.1) is 13.3 Å². The summed E-state index contributed by atoms with van der Waals surface area (Å²) < 4.78 is 6.88. The Morgan fingerprint density at radius 2 is 2.24 bits per heavy atom. The Morgan fingerprint density at radius 3 is 2.82 bits per heavy atom. The molecule has 0 aliphatic carbocycles. The zero-order valence-corrected chi connectivity index (χ0v) is 9.97. The van der Waals surface area contributed by atoms with E-state index in [2.05, 4.69) is 10.4 Å². The molecule has 0 unspecified atom stereocenters. The lowest BCUT2D eigenvalue weighted by molar-refractivity contribution is 0.415. The van der Waals surface area contributed by atoms with E-state index in [1.54, 1.807) is 18.0 Å². The number of nitrogen functional groups attached to an aromatic ring is 1. The molecule has 1 aromatic heterocycles. The van der Waals surface area contributed by atoms with Gasteiger partial charge in [0.1, 0.15) is 11.6 Å². The van der Waals surface area contributed by atoms with Crippen molar-refractivity contribution in [3.63, 3.8) is 0 Å². The van der Waals surface area contributed by atoms with E-state index >= 15 is 0 Å². The maximum atomic E-state index is 5.93. The quantitative estimate of drug-likeness (QED) is 0.786. The summed E-state index contributed by atoms with van der Waals surface area (Å²) in [6.45, 7) is 0.662. The smallest absolute Gasteiger partial charge is 0.124 e. The molecular weight excluding hydrogens is 216 g/mol. The van der Waals surface area contributed by atoms with Crippen LogP contribution in [-0.2, 0) is 13.6 Å². The Labute approximate surface area is 100 Å². The molecule has 3 N–H and O–H groups in total. The molecule has 0 spiro atoms. The second-order valence-corrected chi connectivity index (χ2v) is 3.76. The molecule has 0 fully saturated rings. The minimum Gasteiger partial charge on any atom is -0.497 e. The van der Waals surface area contributed by atoms with E-state index in [-0.39, 0.29) is 0 Å². The molecule has 0 aliphatic rings. The molecule has 2 aromatic rings. The van der Waals surface area contributed by atoms with Crippen LogP contribution in [0.2, 0.25) is 0 Å². The van der Waals surface area contributed by atoms with Gasteiger partial charge in [0, 0.05) is 31.4 Å². The Hall–Kier alpha value is -2.17. The normalized spacial score (nSPS) is 10.2. The number of aryl methyl sites for hydroxylation is 1. The third-order valence-corrected chi connectivity index (χ3v) is 2.63. The minimum atomic E-state index is 0.662. The van der Waals surface area contributed by atoms with Crippen LogP contribution in [0.5, 0.6) is 5.75 Å². The van der Waals surface area contributed by atoms with Crippen LogP contribution < -0.4 is 15.8 Å². The number of nitrogens with one attached hydrogen (secondary N) is 1. The van der Waals surface area contributed by atoms with Crippen LogP contribution in [0.25, 0.3) is 0 Å². The highest BCUT2D eigenvalue weighted by Crippen LogP contribution is 2.20. The first-order valence-electron chi connectivity index (χ1n) is 5.35. The summed E-state index contributed by atoms with van der Waals surface area (Å²) in [4.78, 5) is 0. The van der Waals surface area contributed by atoms with Crippen molar-refractivity contribution in [2.45, 2.75) is 6.54 Å². The number of nitrogens with two attached hydrogens (primary N) is 1. The molecule has 0 saturated heterocycles. The van der Waals surface area contributed by atoms with Gasteiger partial charge in [-0.3, -0.25) is 4.68 Å². The molecule has 0 atom stereocenters. The van der Waals surface area contributed by atoms with Crippen molar-refractivity contribution in [3.05, 3.63) is 36.0 Å². The molecule has 1 aromatic carbocycles. The number of methoxy groups -OCH3 is 1. The zero-order chi connectivity index (χ0) is 12.3. The van der Waals surface area contributed by atoms with Crippen molar-refractivity contribution in [2.75, 3.05) is 18.2 Å². The lowest BCUT2D eigenvalue weighted by Crippen LogP contribution is -2.06. The van der Waals surface area contributed by atoms with E-state index in [1.165, 1.54) is 0 Å². The van der Waals surface area contributed by atoms with Gasteiger partial charge in [-0.05, 0) is 11.6 Å². The van der Waals surface area contributed by atoms with Crippen LogP contribution in [0, 0.1) is 0 Å². The molecule has 2 rings (SSSR count). The first-order valence-corrected chi connectivity index (χ1v) is 5.35. The molecule has 1 heterocycles. The topological polar surface area (TPSA) is 65.1 Å². The molecule has 0 amide bonds. The molecule has 0 aliphatic heterocycles. The van der Waals surface area contributed by atoms with Gasteiger partial charge in [0.25, 0.3) is 0 Å². The Kier molecular flexibility index (Phi) is 3.18. The van der Waals surface area contributed by atoms with Crippen LogP contribution in [0.4, 0.5) is 11.5 Å². The first kappa shape index (κ1) is 11.3. The highest BCUT2D eigenvalue weighted by molar-refractivity contribution is 5.52. The van der Waals surface area contributed by atoms with Crippen molar-refractivity contribution in [2.24, 2.45) is 7.05 Å². The number of aromatic nitrogens is 2. The Balaban J connectivity index is 2.07. The number of nitrogens with zero attached hydrogens (tertiary/aromatic N) is 2. The summed E-state index contributed by atoms with van der Waals surface area (Å²) >= 11 is 0. The van der Waals surface area contributed by atoms with Gasteiger partial charge in [0.15, 0.2) is 0 Å². The molecular formula is C12H16N4O. The van der Waals surface area contributed by atoms with E-state index < -0.39 is 0 Å². The summed E-state index contributed by atoms with van der Waals surface area (Å²) in [7, 11) is 3.52. The number of hydrogen-bond acceptors (Lipinski definition) is 4. The fraction of sp³-hybridized carbons (Fsp3) is 0.250. The summed E-state index contributed by atoms with van der Waals surface area (Å²) in [5.74, 6) is 1.73. The second kappa shape index (κ2) is 4.78. The molecule has 17 heavy (non-hydrogen) atoms. The predicted octanol–water partition coefficient (Wildman–Crippen LogP) is 1.62. The number of ether oxygens (including phenoxy) is 1. The standard InChI is InChI=1S/C12H16N4O/c1-16-12(5-6-15-16)14-8-9-3-4-10(17-2)7-11(9)13/h3-7,14H,8,13H2,1-2H3. The lowest BCUT2D eigenvalue weighted by atomic mass is 10.1. The summed E-state index contributed by atoms with van der Waals surface area (Å²) in [6, 6.07) is 7.59. The van der Waals surface area contributed by atoms with Gasteiger partial charge in [-0.25, -0.2) is 0 Å². The highest BCUT2D eigenvalue weighted by Gasteiger charge is 2.02. The van der Waals surface area contributed by atoms with Gasteiger partial charge in [-0.1, -0.05) is 6.07 Å². The van der Waals surface area contributed by atoms with Crippen molar-refractivity contribution >= 4 is 11.5 Å². The maximum Gasteiger partial charge on any atom is 0.124 e. The molecule has 90 valence electrons. The Bertz CT molecular complexity index is 507. The zero-order valence-electron chi connectivity index (χ0n) is 9.97. The van der Waals surface area contributed by atoms with Gasteiger partial charge < -0.3 is 15.8 Å². The van der Waals surface area contributed by atoms with E-state index in [4.69, 9.17) is 10.5 Å². The number of rotatable bonds is 4. The molecule has 5 nitrogen and oxygen atoms in total. The number of benzene rings is 1. The highest BCUT2D eigenvalue weighted by atomic mass is 16.5. The molecule has 0 bridgehead atoms. The van der Waals surface area contributed by atoms with Crippen LogP contribution in [-0.4, -0.2) is 16.9 Å². The second-order valence-electron chi connectivity index (χ2n) is 3.76. The van der Waals surface area contributed by atoms with Crippen molar-refractivity contribution < 1.29 is 4.74 Å².